The van der Waals surface area contributed by atoms with Gasteiger partial charge in [-0.1, -0.05) is 12.8 Å². The molecule has 242 valence electrons. The number of carbonyl (C=O) groups is 2. The summed E-state index contributed by atoms with van der Waals surface area (Å²) in [5, 5.41) is 4.20. The van der Waals surface area contributed by atoms with Crippen molar-refractivity contribution in [2.45, 2.75) is 89.1 Å². The zero-order valence-corrected chi connectivity index (χ0v) is 26.5. The Morgan fingerprint density at radius 2 is 1.91 bits per heavy atom. The van der Waals surface area contributed by atoms with Crippen molar-refractivity contribution in [1.82, 2.24) is 29.3 Å². The van der Waals surface area contributed by atoms with Gasteiger partial charge in [0.2, 0.25) is 5.91 Å². The van der Waals surface area contributed by atoms with Crippen LogP contribution in [-0.4, -0.2) is 68.2 Å². The lowest BCUT2D eigenvalue weighted by molar-refractivity contribution is -0.123. The molecule has 46 heavy (non-hydrogen) atoms. The fraction of sp³-hybridized carbons (Fsp3) is 0.543. The van der Waals surface area contributed by atoms with Crippen LogP contribution in [0, 0.1) is 17.7 Å². The Morgan fingerprint density at radius 3 is 2.70 bits per heavy atom. The highest BCUT2D eigenvalue weighted by molar-refractivity contribution is 5.98. The summed E-state index contributed by atoms with van der Waals surface area (Å²) in [6.07, 6.45) is 7.72. The van der Waals surface area contributed by atoms with Crippen molar-refractivity contribution < 1.29 is 18.7 Å². The molecule has 3 N–H and O–H groups in total. The first kappa shape index (κ1) is 29.6. The molecule has 0 spiro atoms. The van der Waals surface area contributed by atoms with E-state index < -0.39 is 5.82 Å². The molecule has 1 saturated heterocycles. The number of aromatic nitrogens is 4. The molecule has 2 bridgehead atoms. The zero-order chi connectivity index (χ0) is 31.7. The topological polar surface area (TPSA) is 120 Å². The van der Waals surface area contributed by atoms with E-state index in [4.69, 9.17) is 20.4 Å². The van der Waals surface area contributed by atoms with Crippen molar-refractivity contribution in [3.05, 3.63) is 47.4 Å². The summed E-state index contributed by atoms with van der Waals surface area (Å²) in [7, 11) is 1.62. The van der Waals surface area contributed by atoms with Gasteiger partial charge in [0, 0.05) is 56.2 Å². The minimum absolute atomic E-state index is 0.0183. The summed E-state index contributed by atoms with van der Waals surface area (Å²) >= 11 is 0. The second-order valence-corrected chi connectivity index (χ2v) is 13.8. The molecule has 4 aromatic rings. The van der Waals surface area contributed by atoms with Gasteiger partial charge in [0.1, 0.15) is 11.5 Å². The number of ether oxygens (including phenoxy) is 1. The van der Waals surface area contributed by atoms with Crippen LogP contribution in [0.3, 0.4) is 0 Å². The number of nitrogens with one attached hydrogen (secondary N) is 1. The van der Waals surface area contributed by atoms with Gasteiger partial charge in [0.15, 0.2) is 5.82 Å². The molecule has 2 saturated carbocycles. The predicted molar refractivity (Wildman–Crippen MR) is 173 cm³/mol. The second-order valence-electron chi connectivity index (χ2n) is 13.8. The maximum atomic E-state index is 15.8. The number of hydrogen-bond acceptors (Lipinski definition) is 6. The molecule has 3 aromatic heterocycles. The monoisotopic (exact) mass is 627 g/mol. The van der Waals surface area contributed by atoms with Gasteiger partial charge < -0.3 is 29.8 Å². The Labute approximate surface area is 267 Å². The highest BCUT2D eigenvalue weighted by atomic mass is 19.1. The van der Waals surface area contributed by atoms with Crippen LogP contribution in [0.2, 0.25) is 0 Å². The number of halogens is 1. The highest BCUT2D eigenvalue weighted by Crippen LogP contribution is 2.44. The third-order valence-electron chi connectivity index (χ3n) is 10.6. The minimum atomic E-state index is -0.546. The summed E-state index contributed by atoms with van der Waals surface area (Å²) in [6.45, 7) is 3.56. The molecule has 8 rings (SSSR count). The number of fused-ring (bicyclic) bond motifs is 3. The largest absolute Gasteiger partial charge is 0.380 e. The van der Waals surface area contributed by atoms with Gasteiger partial charge in [0.05, 0.1) is 40.1 Å². The van der Waals surface area contributed by atoms with E-state index in [-0.39, 0.29) is 47.5 Å². The first-order chi connectivity index (χ1) is 22.3. The first-order valence-corrected chi connectivity index (χ1v) is 16.9. The molecule has 2 aliphatic heterocycles. The van der Waals surface area contributed by atoms with E-state index in [1.807, 2.05) is 13.0 Å². The van der Waals surface area contributed by atoms with Gasteiger partial charge in [-0.3, -0.25) is 9.59 Å². The number of piperidine rings is 1. The van der Waals surface area contributed by atoms with Gasteiger partial charge in [-0.2, -0.15) is 0 Å². The molecular weight excluding hydrogens is 585 g/mol. The molecule has 5 heterocycles. The summed E-state index contributed by atoms with van der Waals surface area (Å²) < 4.78 is 25.6. The van der Waals surface area contributed by atoms with Gasteiger partial charge in [0.25, 0.3) is 5.91 Å². The maximum absolute atomic E-state index is 15.8. The fourth-order valence-corrected chi connectivity index (χ4v) is 7.70. The number of benzene rings is 1. The van der Waals surface area contributed by atoms with E-state index in [9.17, 15) is 9.59 Å². The number of amides is 2. The van der Waals surface area contributed by atoms with Crippen LogP contribution in [-0.2, 0) is 16.1 Å². The van der Waals surface area contributed by atoms with Crippen LogP contribution in [0.15, 0.2) is 30.3 Å². The predicted octanol–water partition coefficient (Wildman–Crippen LogP) is 5.10. The normalized spacial score (nSPS) is 27.1. The van der Waals surface area contributed by atoms with Crippen LogP contribution < -0.4 is 11.1 Å². The van der Waals surface area contributed by atoms with E-state index >= 15 is 4.39 Å². The van der Waals surface area contributed by atoms with Crippen LogP contribution in [0.1, 0.15) is 86.4 Å². The van der Waals surface area contributed by atoms with Gasteiger partial charge in [-0.15, -0.1) is 0 Å². The molecule has 0 unspecified atom stereocenters. The number of nitrogens with two attached hydrogens (primary N) is 1. The SMILES string of the molecule is CO[C@@H]1CCN(C(=O)c2cc3nc(-c4cc5ccc6nc5n4CCCCC[C@@H]4C[C@H]4C(=O)N[C@@H]6C)n(C4CC4)c3cc2F)C[C@@H]1N. The fourth-order valence-electron chi connectivity index (χ4n) is 7.70. The lowest BCUT2D eigenvalue weighted by Crippen LogP contribution is -2.53. The summed E-state index contributed by atoms with van der Waals surface area (Å²) in [4.78, 5) is 38.3. The number of pyridine rings is 1. The Hall–Kier alpha value is -3.83. The van der Waals surface area contributed by atoms with Crippen LogP contribution in [0.4, 0.5) is 4.39 Å². The highest BCUT2D eigenvalue weighted by Gasteiger charge is 2.42. The average Bonchev–Trinajstić information content (AvgIpc) is 3.97. The third-order valence-corrected chi connectivity index (χ3v) is 10.6. The van der Waals surface area contributed by atoms with Crippen LogP contribution in [0.5, 0.6) is 0 Å². The zero-order valence-electron chi connectivity index (χ0n) is 26.5. The van der Waals surface area contributed by atoms with Crippen molar-refractivity contribution in [2.24, 2.45) is 17.6 Å². The number of rotatable bonds is 4. The minimum Gasteiger partial charge on any atom is -0.380 e. The summed E-state index contributed by atoms with van der Waals surface area (Å²) in [5.74, 6) is 0.624. The van der Waals surface area contributed by atoms with Gasteiger partial charge >= 0.3 is 0 Å². The molecule has 1 aromatic carbocycles. The standard InChI is InChI=1S/C35H42FN7O3/c1-19-27-10-7-21-15-30(42(32(21)39-27)12-5-3-4-6-20-14-23(20)34(44)38-19)33-40-28-16-24(25(36)17-29(28)43(33)22-8-9-22)35(45)41-13-11-31(46-2)26(37)18-41/h7,10,15-17,19-20,22-23,26,31H,3-6,8-9,11-14,18,37H2,1-2H3,(H,38,44)/t19-,20-,23-,26+,31-/m1/s1. The Balaban J connectivity index is 1.20. The number of imidazole rings is 1. The quantitative estimate of drug-likeness (QED) is 0.325. The summed E-state index contributed by atoms with van der Waals surface area (Å²) in [5.41, 5.74) is 10.2. The van der Waals surface area contributed by atoms with Crippen molar-refractivity contribution >= 4 is 33.9 Å². The molecule has 4 aliphatic rings. The first-order valence-electron chi connectivity index (χ1n) is 16.9. The van der Waals surface area contributed by atoms with E-state index in [2.05, 4.69) is 26.6 Å². The maximum Gasteiger partial charge on any atom is 0.256 e. The smallest absolute Gasteiger partial charge is 0.256 e. The molecule has 0 radical (unpaired) electrons. The number of nitrogens with zero attached hydrogens (tertiary/aromatic N) is 5. The van der Waals surface area contributed by atoms with Crippen molar-refractivity contribution in [3.8, 4) is 11.5 Å². The summed E-state index contributed by atoms with van der Waals surface area (Å²) in [6, 6.07) is 9.00. The lowest BCUT2D eigenvalue weighted by atomic mass is 10.0. The van der Waals surface area contributed by atoms with Crippen molar-refractivity contribution in [3.63, 3.8) is 0 Å². The Kier molecular flexibility index (Phi) is 7.36. The molecular formula is C35H42FN7O3. The van der Waals surface area contributed by atoms with E-state index in [1.54, 1.807) is 18.1 Å². The number of likely N-dealkylation sites (tertiary alicyclic amines) is 1. The molecule has 10 nitrogen and oxygen atoms in total. The van der Waals surface area contributed by atoms with Crippen molar-refractivity contribution in [2.75, 3.05) is 20.2 Å². The van der Waals surface area contributed by atoms with Crippen LogP contribution in [0.25, 0.3) is 33.6 Å². The van der Waals surface area contributed by atoms with E-state index in [1.165, 1.54) is 6.07 Å². The Morgan fingerprint density at radius 1 is 1.07 bits per heavy atom. The molecule has 2 aliphatic carbocycles. The Bertz CT molecular complexity index is 1840. The average molecular weight is 628 g/mol. The molecule has 3 fully saturated rings. The number of methoxy groups -OCH3 is 1. The number of hydrogen-bond donors (Lipinski definition) is 2. The van der Waals surface area contributed by atoms with E-state index in [0.29, 0.717) is 36.5 Å². The third kappa shape index (κ3) is 5.17. The second kappa shape index (κ2) is 11.5. The van der Waals surface area contributed by atoms with E-state index in [0.717, 1.165) is 79.7 Å². The van der Waals surface area contributed by atoms with Crippen LogP contribution >= 0.6 is 0 Å². The van der Waals surface area contributed by atoms with Gasteiger partial charge in [-0.25, -0.2) is 14.4 Å². The number of aryl methyl sites for hydroxylation is 1. The molecule has 2 amide bonds. The van der Waals surface area contributed by atoms with Crippen molar-refractivity contribution in [1.29, 1.82) is 0 Å². The van der Waals surface area contributed by atoms with Gasteiger partial charge in [-0.05, 0) is 75.6 Å². The number of carbonyl (C=O) groups excluding carboxylic acids is 2. The lowest BCUT2D eigenvalue weighted by Gasteiger charge is -2.35. The molecule has 11 heteroatoms. The molecule has 5 atom stereocenters.